The van der Waals surface area contributed by atoms with E-state index >= 15 is 0 Å². The summed E-state index contributed by atoms with van der Waals surface area (Å²) in [6.45, 7) is 5.54. The number of aryl methyl sites for hydroxylation is 2. The Bertz CT molecular complexity index is 1190. The molecule has 0 saturated carbocycles. The van der Waals surface area contributed by atoms with Crippen LogP contribution in [0.2, 0.25) is 0 Å². The van der Waals surface area contributed by atoms with Crippen LogP contribution >= 0.6 is 11.8 Å². The maximum Gasteiger partial charge on any atom is 0.338 e. The first-order valence-electron chi connectivity index (χ1n) is 9.80. The van der Waals surface area contributed by atoms with Gasteiger partial charge in [-0.25, -0.2) is 9.78 Å². The molecule has 1 atom stereocenters. The van der Waals surface area contributed by atoms with Gasteiger partial charge in [0.1, 0.15) is 28.5 Å². The average Bonchev–Trinajstić information content (AvgIpc) is 2.77. The van der Waals surface area contributed by atoms with E-state index in [-0.39, 0.29) is 35.1 Å². The Hall–Kier alpha value is -3.82. The fraction of sp³-hybridized carbons (Fsp3) is 0.261. The van der Waals surface area contributed by atoms with Crippen LogP contribution in [0.1, 0.15) is 35.2 Å². The predicted octanol–water partition coefficient (Wildman–Crippen LogP) is 3.38. The van der Waals surface area contributed by atoms with E-state index in [2.05, 4.69) is 22.1 Å². The smallest absolute Gasteiger partial charge is 0.338 e. The van der Waals surface area contributed by atoms with E-state index in [1.54, 1.807) is 31.5 Å². The van der Waals surface area contributed by atoms with Gasteiger partial charge in [-0.05, 0) is 44.0 Å². The van der Waals surface area contributed by atoms with Crippen LogP contribution < -0.4 is 5.73 Å². The Kier molecular flexibility index (Phi) is 7.14. The Morgan fingerprint density at radius 3 is 2.75 bits per heavy atom. The number of nitrogens with two attached hydrogens (primary N) is 1. The summed E-state index contributed by atoms with van der Waals surface area (Å²) in [6, 6.07) is 9.54. The molecule has 0 amide bonds. The van der Waals surface area contributed by atoms with Gasteiger partial charge < -0.3 is 15.2 Å². The number of pyridine rings is 2. The van der Waals surface area contributed by atoms with Crippen LogP contribution in [-0.4, -0.2) is 28.3 Å². The van der Waals surface area contributed by atoms with Gasteiger partial charge in [-0.1, -0.05) is 17.8 Å². The summed E-state index contributed by atoms with van der Waals surface area (Å²) in [5.74, 6) is -1.05. The molecule has 0 fully saturated rings. The van der Waals surface area contributed by atoms with Crippen LogP contribution in [0.5, 0.6) is 0 Å². The molecule has 0 saturated heterocycles. The molecule has 0 radical (unpaired) electrons. The van der Waals surface area contributed by atoms with Gasteiger partial charge >= 0.3 is 5.97 Å². The van der Waals surface area contributed by atoms with E-state index in [0.717, 1.165) is 11.3 Å². The zero-order chi connectivity index (χ0) is 23.3. The molecule has 3 heterocycles. The molecule has 8 nitrogen and oxygen atoms in total. The third kappa shape index (κ3) is 4.58. The van der Waals surface area contributed by atoms with Gasteiger partial charge in [0, 0.05) is 18.1 Å². The van der Waals surface area contributed by atoms with E-state index in [9.17, 15) is 15.3 Å². The highest BCUT2D eigenvalue weighted by Crippen LogP contribution is 2.41. The molecule has 0 bridgehead atoms. The number of esters is 1. The average molecular weight is 448 g/mol. The second-order valence-electron chi connectivity index (χ2n) is 6.93. The number of nitrogens with zero attached hydrogens (tertiary/aromatic N) is 4. The fourth-order valence-electron chi connectivity index (χ4n) is 3.41. The predicted molar refractivity (Wildman–Crippen MR) is 118 cm³/mol. The summed E-state index contributed by atoms with van der Waals surface area (Å²) in [4.78, 5) is 21.6. The lowest BCUT2D eigenvalue weighted by Gasteiger charge is -2.27. The highest BCUT2D eigenvalue weighted by molar-refractivity contribution is 7.99. The van der Waals surface area contributed by atoms with Gasteiger partial charge in [-0.15, -0.1) is 0 Å². The van der Waals surface area contributed by atoms with Crippen LogP contribution in [0.15, 0.2) is 58.4 Å². The summed E-state index contributed by atoms with van der Waals surface area (Å²) in [5.41, 5.74) is 9.01. The summed E-state index contributed by atoms with van der Waals surface area (Å²) in [6.07, 6.45) is 3.17. The quantitative estimate of drug-likeness (QED) is 0.522. The first kappa shape index (κ1) is 22.9. The number of allylic oxidation sites excluding steroid dienone is 1. The number of carbonyl (C=O) groups is 1. The summed E-state index contributed by atoms with van der Waals surface area (Å²) in [7, 11) is 0. The molecule has 1 aliphatic heterocycles. The molecular weight excluding hydrogens is 426 g/mol. The number of hydrogen-bond acceptors (Lipinski definition) is 9. The maximum atomic E-state index is 13.0. The minimum atomic E-state index is -0.778. The van der Waals surface area contributed by atoms with Crippen molar-refractivity contribution in [3.05, 3.63) is 75.8 Å². The summed E-state index contributed by atoms with van der Waals surface area (Å²) >= 11 is 1.25. The van der Waals surface area contributed by atoms with E-state index in [1.807, 2.05) is 19.9 Å². The molecule has 0 spiro atoms. The Morgan fingerprint density at radius 2 is 2.12 bits per heavy atom. The normalized spacial score (nSPS) is 15.6. The first-order chi connectivity index (χ1) is 15.4. The molecule has 1 unspecified atom stereocenters. The Morgan fingerprint density at radius 1 is 1.34 bits per heavy atom. The molecular formula is C23H21N5O3S. The topological polar surface area (TPSA) is 135 Å². The van der Waals surface area contributed by atoms with Gasteiger partial charge in [0.25, 0.3) is 0 Å². The van der Waals surface area contributed by atoms with E-state index in [4.69, 9.17) is 15.2 Å². The second-order valence-corrected chi connectivity index (χ2v) is 7.89. The van der Waals surface area contributed by atoms with Crippen molar-refractivity contribution in [3.8, 4) is 12.1 Å². The molecule has 0 aromatic carbocycles. The molecule has 162 valence electrons. The standard InChI is InChI=1S/C23H21N5O3S/c1-4-30-23(29)20-18(12-32-22-16(9-24)13(2)8-14(3)28-22)31-21(26)17(10-25)19(20)15-6-5-7-27-11-15/h5-8,11,19H,4,12,26H2,1-3H3. The number of ether oxygens (including phenoxy) is 2. The van der Waals surface area contributed by atoms with Crippen molar-refractivity contribution in [2.75, 3.05) is 12.4 Å². The Balaban J connectivity index is 2.10. The zero-order valence-electron chi connectivity index (χ0n) is 17.9. The van der Waals surface area contributed by atoms with Crippen molar-refractivity contribution >= 4 is 17.7 Å². The largest absolute Gasteiger partial charge is 0.463 e. The molecule has 2 aromatic rings. The molecule has 0 aliphatic carbocycles. The van der Waals surface area contributed by atoms with Crippen LogP contribution in [0.4, 0.5) is 0 Å². The molecule has 2 aromatic heterocycles. The van der Waals surface area contributed by atoms with Gasteiger partial charge in [0.15, 0.2) is 0 Å². The van der Waals surface area contributed by atoms with Crippen LogP contribution in [0.25, 0.3) is 0 Å². The van der Waals surface area contributed by atoms with Crippen molar-refractivity contribution in [2.24, 2.45) is 5.73 Å². The summed E-state index contributed by atoms with van der Waals surface area (Å²) in [5, 5.41) is 19.8. The zero-order valence-corrected chi connectivity index (χ0v) is 18.7. The van der Waals surface area contributed by atoms with Crippen LogP contribution in [0, 0.1) is 36.5 Å². The van der Waals surface area contributed by atoms with Crippen LogP contribution in [0.3, 0.4) is 0 Å². The Labute approximate surface area is 190 Å². The van der Waals surface area contributed by atoms with Crippen molar-refractivity contribution < 1.29 is 14.3 Å². The number of nitriles is 2. The van der Waals surface area contributed by atoms with E-state index in [0.29, 0.717) is 16.2 Å². The fourth-order valence-corrected chi connectivity index (χ4v) is 4.46. The lowest BCUT2D eigenvalue weighted by atomic mass is 9.84. The number of thioether (sulfide) groups is 1. The minimum absolute atomic E-state index is 0.0844. The third-order valence-electron chi connectivity index (χ3n) is 4.77. The minimum Gasteiger partial charge on any atom is -0.463 e. The van der Waals surface area contributed by atoms with Crippen molar-refractivity contribution in [2.45, 2.75) is 31.7 Å². The number of carbonyl (C=O) groups excluding carboxylic acids is 1. The number of rotatable bonds is 6. The number of hydrogen-bond donors (Lipinski definition) is 1. The molecule has 9 heteroatoms. The molecule has 1 aliphatic rings. The van der Waals surface area contributed by atoms with Gasteiger partial charge in [-0.2, -0.15) is 10.5 Å². The third-order valence-corrected chi connectivity index (χ3v) is 5.75. The first-order valence-corrected chi connectivity index (χ1v) is 10.8. The SMILES string of the molecule is CCOC(=O)C1=C(CSc2nc(C)cc(C)c2C#N)OC(N)=C(C#N)C1c1cccnc1. The highest BCUT2D eigenvalue weighted by Gasteiger charge is 2.37. The van der Waals surface area contributed by atoms with Crippen molar-refractivity contribution in [1.29, 1.82) is 10.5 Å². The van der Waals surface area contributed by atoms with E-state index < -0.39 is 11.9 Å². The molecule has 2 N–H and O–H groups in total. The lowest BCUT2D eigenvalue weighted by Crippen LogP contribution is -2.27. The molecule has 32 heavy (non-hydrogen) atoms. The molecule has 3 rings (SSSR count). The van der Waals surface area contributed by atoms with Crippen molar-refractivity contribution in [3.63, 3.8) is 0 Å². The maximum absolute atomic E-state index is 13.0. The lowest BCUT2D eigenvalue weighted by molar-refractivity contribution is -0.139. The van der Waals surface area contributed by atoms with Gasteiger partial charge in [-0.3, -0.25) is 4.98 Å². The number of aromatic nitrogens is 2. The monoisotopic (exact) mass is 447 g/mol. The van der Waals surface area contributed by atoms with E-state index in [1.165, 1.54) is 11.8 Å². The van der Waals surface area contributed by atoms with Gasteiger partial charge in [0.05, 0.1) is 29.4 Å². The summed E-state index contributed by atoms with van der Waals surface area (Å²) < 4.78 is 11.0. The van der Waals surface area contributed by atoms with Crippen molar-refractivity contribution in [1.82, 2.24) is 9.97 Å². The second kappa shape index (κ2) is 9.99. The van der Waals surface area contributed by atoms with Gasteiger partial charge in [0.2, 0.25) is 5.88 Å². The highest BCUT2D eigenvalue weighted by atomic mass is 32.2. The van der Waals surface area contributed by atoms with Crippen LogP contribution in [-0.2, 0) is 14.3 Å².